The number of nitrogens with zero attached hydrogens (tertiary/aromatic N) is 3. The second-order valence-electron chi connectivity index (χ2n) is 4.14. The highest BCUT2D eigenvalue weighted by Crippen LogP contribution is 2.13. The molecule has 2 N–H and O–H groups in total. The minimum Gasteiger partial charge on any atom is -0.354 e. The molecule has 2 heterocycles. The van der Waals surface area contributed by atoms with Gasteiger partial charge in [0.15, 0.2) is 0 Å². The van der Waals surface area contributed by atoms with E-state index < -0.39 is 15.8 Å². The van der Waals surface area contributed by atoms with Crippen molar-refractivity contribution < 1.29 is 12.8 Å². The zero-order valence-corrected chi connectivity index (χ0v) is 12.1. The quantitative estimate of drug-likeness (QED) is 0.841. The summed E-state index contributed by atoms with van der Waals surface area (Å²) in [4.78, 5) is 11.4. The van der Waals surface area contributed by atoms with E-state index >= 15 is 0 Å². The van der Waals surface area contributed by atoms with Crippen LogP contribution in [-0.2, 0) is 10.0 Å². The van der Waals surface area contributed by atoms with Crippen LogP contribution in [-0.4, -0.2) is 29.9 Å². The first-order chi connectivity index (χ1) is 10.0. The lowest BCUT2D eigenvalue weighted by Crippen LogP contribution is -2.15. The van der Waals surface area contributed by atoms with Crippen molar-refractivity contribution in [2.24, 2.45) is 0 Å². The summed E-state index contributed by atoms with van der Waals surface area (Å²) in [6, 6.07) is 2.34. The van der Waals surface area contributed by atoms with Gasteiger partial charge in [0.25, 0.3) is 10.0 Å². The van der Waals surface area contributed by atoms with Crippen LogP contribution in [0.2, 0.25) is 0 Å². The lowest BCUT2D eigenvalue weighted by atomic mass is 10.5. The van der Waals surface area contributed by atoms with Gasteiger partial charge < -0.3 is 5.32 Å². The molecule has 0 aromatic carbocycles. The van der Waals surface area contributed by atoms with Gasteiger partial charge in [-0.15, -0.1) is 0 Å². The average Bonchev–Trinajstić information content (AvgIpc) is 2.48. The minimum atomic E-state index is -3.85. The molecule has 112 valence electrons. The lowest BCUT2D eigenvalue weighted by molar-refractivity contribution is 0.599. The number of sulfonamides is 1. The number of hydrogen-bond acceptors (Lipinski definition) is 6. The summed E-state index contributed by atoms with van der Waals surface area (Å²) < 4.78 is 39.1. The number of halogens is 1. The molecule has 21 heavy (non-hydrogen) atoms. The van der Waals surface area contributed by atoms with Crippen LogP contribution in [0.3, 0.4) is 0 Å². The second kappa shape index (κ2) is 6.44. The molecule has 0 aliphatic rings. The van der Waals surface area contributed by atoms with Crippen molar-refractivity contribution in [2.45, 2.75) is 18.2 Å². The van der Waals surface area contributed by atoms with E-state index in [4.69, 9.17) is 0 Å². The van der Waals surface area contributed by atoms with Gasteiger partial charge in [0.1, 0.15) is 16.5 Å². The Morgan fingerprint density at radius 2 is 1.86 bits per heavy atom. The fourth-order valence-electron chi connectivity index (χ4n) is 1.42. The summed E-state index contributed by atoms with van der Waals surface area (Å²) in [5.41, 5.74) is 0. The van der Waals surface area contributed by atoms with Gasteiger partial charge in [-0.05, 0) is 18.6 Å². The van der Waals surface area contributed by atoms with Gasteiger partial charge in [0.05, 0.1) is 18.6 Å². The van der Waals surface area contributed by atoms with Crippen molar-refractivity contribution >= 4 is 21.8 Å². The zero-order chi connectivity index (χ0) is 15.3. The Balaban J connectivity index is 2.13. The maximum atomic E-state index is 12.7. The molecule has 9 heteroatoms. The van der Waals surface area contributed by atoms with Gasteiger partial charge in [-0.1, -0.05) is 6.92 Å². The minimum absolute atomic E-state index is 0.0181. The molecule has 0 unspecified atom stereocenters. The van der Waals surface area contributed by atoms with E-state index in [1.165, 1.54) is 18.5 Å². The maximum Gasteiger partial charge on any atom is 0.266 e. The third-order valence-corrected chi connectivity index (χ3v) is 3.75. The molecule has 2 aromatic rings. The predicted octanol–water partition coefficient (Wildman–Crippen LogP) is 1.63. The van der Waals surface area contributed by atoms with Crippen LogP contribution in [0.1, 0.15) is 13.3 Å². The molecule has 0 atom stereocenters. The molecule has 2 rings (SSSR count). The Morgan fingerprint density at radius 3 is 2.43 bits per heavy atom. The first-order valence-electron chi connectivity index (χ1n) is 6.21. The Labute approximate surface area is 121 Å². The molecule has 7 nitrogen and oxygen atoms in total. The van der Waals surface area contributed by atoms with E-state index in [2.05, 4.69) is 25.0 Å². The Bertz CT molecular complexity index is 689. The highest BCUT2D eigenvalue weighted by atomic mass is 32.2. The summed E-state index contributed by atoms with van der Waals surface area (Å²) in [5, 5.41) is 2.94. The fraction of sp³-hybridized carbons (Fsp3) is 0.250. The van der Waals surface area contributed by atoms with Gasteiger partial charge in [-0.25, -0.2) is 27.8 Å². The molecule has 0 aliphatic carbocycles. The third kappa shape index (κ3) is 4.09. The number of aromatic nitrogens is 3. The Morgan fingerprint density at radius 1 is 1.14 bits per heavy atom. The van der Waals surface area contributed by atoms with Crippen molar-refractivity contribution in [2.75, 3.05) is 16.6 Å². The monoisotopic (exact) mass is 311 g/mol. The highest BCUT2D eigenvalue weighted by molar-refractivity contribution is 7.92. The standard InChI is InChI=1S/C12H14FN5O2S/c1-2-5-14-12-16-7-10(8-17-12)21(19,20)18-11-4-3-9(13)6-15-11/h3-4,6-8H,2,5H2,1H3,(H,15,18)(H,14,16,17). The number of hydrogen-bond donors (Lipinski definition) is 2. The molecule has 2 aromatic heterocycles. The Hall–Kier alpha value is -2.29. The number of rotatable bonds is 6. The lowest BCUT2D eigenvalue weighted by Gasteiger charge is -2.07. The van der Waals surface area contributed by atoms with Gasteiger partial charge >= 0.3 is 0 Å². The maximum absolute atomic E-state index is 12.7. The SMILES string of the molecule is CCCNc1ncc(S(=O)(=O)Nc2ccc(F)cn2)cn1. The van der Waals surface area contributed by atoms with Crippen molar-refractivity contribution in [3.05, 3.63) is 36.5 Å². The third-order valence-electron chi connectivity index (χ3n) is 2.44. The molecule has 0 saturated carbocycles. The largest absolute Gasteiger partial charge is 0.354 e. The van der Waals surface area contributed by atoms with E-state index in [-0.39, 0.29) is 10.7 Å². The van der Waals surface area contributed by atoms with E-state index in [1.54, 1.807) is 0 Å². The normalized spacial score (nSPS) is 11.1. The smallest absolute Gasteiger partial charge is 0.266 e. The van der Waals surface area contributed by atoms with Crippen LogP contribution in [0.25, 0.3) is 0 Å². The van der Waals surface area contributed by atoms with Crippen LogP contribution in [0.5, 0.6) is 0 Å². The van der Waals surface area contributed by atoms with E-state index in [1.807, 2.05) is 6.92 Å². The van der Waals surface area contributed by atoms with Crippen LogP contribution in [0.15, 0.2) is 35.6 Å². The summed E-state index contributed by atoms with van der Waals surface area (Å²) >= 11 is 0. The fourth-order valence-corrected chi connectivity index (χ4v) is 2.31. The molecular formula is C12H14FN5O2S. The van der Waals surface area contributed by atoms with Crippen molar-refractivity contribution in [1.82, 2.24) is 15.0 Å². The summed E-state index contributed by atoms with van der Waals surface area (Å²) in [6.07, 6.45) is 4.21. The molecule has 0 aliphatic heterocycles. The molecule has 0 saturated heterocycles. The predicted molar refractivity (Wildman–Crippen MR) is 75.8 cm³/mol. The van der Waals surface area contributed by atoms with E-state index in [0.29, 0.717) is 12.5 Å². The van der Waals surface area contributed by atoms with E-state index in [9.17, 15) is 12.8 Å². The average molecular weight is 311 g/mol. The first-order valence-corrected chi connectivity index (χ1v) is 7.70. The van der Waals surface area contributed by atoms with Crippen LogP contribution in [0, 0.1) is 5.82 Å². The van der Waals surface area contributed by atoms with Crippen LogP contribution in [0.4, 0.5) is 16.2 Å². The highest BCUT2D eigenvalue weighted by Gasteiger charge is 2.16. The van der Waals surface area contributed by atoms with Crippen molar-refractivity contribution in [1.29, 1.82) is 0 Å². The van der Waals surface area contributed by atoms with E-state index in [0.717, 1.165) is 18.7 Å². The van der Waals surface area contributed by atoms with Gasteiger partial charge in [-0.2, -0.15) is 0 Å². The second-order valence-corrected chi connectivity index (χ2v) is 5.82. The van der Waals surface area contributed by atoms with Crippen molar-refractivity contribution in [3.8, 4) is 0 Å². The number of pyridine rings is 1. The molecule has 0 amide bonds. The summed E-state index contributed by atoms with van der Waals surface area (Å²) in [7, 11) is -3.85. The summed E-state index contributed by atoms with van der Waals surface area (Å²) in [5.74, 6) is -0.173. The first kappa shape index (κ1) is 15.1. The van der Waals surface area contributed by atoms with Gasteiger partial charge in [0.2, 0.25) is 5.95 Å². The number of nitrogens with one attached hydrogen (secondary N) is 2. The van der Waals surface area contributed by atoms with Crippen molar-refractivity contribution in [3.63, 3.8) is 0 Å². The molecule has 0 spiro atoms. The van der Waals surface area contributed by atoms with Crippen LogP contribution < -0.4 is 10.0 Å². The Kier molecular flexibility index (Phi) is 4.63. The summed E-state index contributed by atoms with van der Waals surface area (Å²) in [6.45, 7) is 2.69. The van der Waals surface area contributed by atoms with Gasteiger partial charge in [-0.3, -0.25) is 4.72 Å². The topological polar surface area (TPSA) is 96.9 Å². The zero-order valence-electron chi connectivity index (χ0n) is 11.2. The number of anilines is 2. The van der Waals surface area contributed by atoms with Gasteiger partial charge in [0, 0.05) is 6.54 Å². The van der Waals surface area contributed by atoms with Crippen LogP contribution >= 0.6 is 0 Å². The molecule has 0 radical (unpaired) electrons. The molecule has 0 bridgehead atoms. The molecule has 0 fully saturated rings. The molecular weight excluding hydrogens is 297 g/mol.